The molecule has 0 amide bonds. The summed E-state index contributed by atoms with van der Waals surface area (Å²) < 4.78 is 26.0. The third-order valence-electron chi connectivity index (χ3n) is 3.20. The maximum atomic E-state index is 13.3. The molecule has 3 unspecified atom stereocenters. The van der Waals surface area contributed by atoms with Gasteiger partial charge in [-0.3, -0.25) is 0 Å². The molecule has 1 aliphatic rings. The zero-order valence-corrected chi connectivity index (χ0v) is 8.00. The first-order chi connectivity index (χ1) is 6.59. The summed E-state index contributed by atoms with van der Waals surface area (Å²) in [5.41, 5.74) is 6.33. The van der Waals surface area contributed by atoms with E-state index in [0.717, 1.165) is 12.5 Å². The fourth-order valence-electron chi connectivity index (χ4n) is 2.04. The second kappa shape index (κ2) is 3.31. The Morgan fingerprint density at radius 2 is 2.07 bits per heavy atom. The van der Waals surface area contributed by atoms with Crippen LogP contribution in [0.4, 0.5) is 8.78 Å². The molecule has 0 spiro atoms. The lowest BCUT2D eigenvalue weighted by Gasteiger charge is -2.40. The second-order valence-corrected chi connectivity index (χ2v) is 4.03. The third kappa shape index (κ3) is 1.42. The Kier molecular flexibility index (Phi) is 2.27. The van der Waals surface area contributed by atoms with Crippen LogP contribution in [0.25, 0.3) is 0 Å². The van der Waals surface area contributed by atoms with Gasteiger partial charge in [0, 0.05) is 12.1 Å². The summed E-state index contributed by atoms with van der Waals surface area (Å²) in [6.45, 7) is 2.00. The number of halogens is 2. The molecular formula is C11H13F2N. The van der Waals surface area contributed by atoms with Gasteiger partial charge in [0.25, 0.3) is 0 Å². The zero-order valence-electron chi connectivity index (χ0n) is 8.00. The highest BCUT2D eigenvalue weighted by molar-refractivity contribution is 5.26. The Labute approximate surface area is 81.9 Å². The van der Waals surface area contributed by atoms with Crippen molar-refractivity contribution in [1.29, 1.82) is 0 Å². The van der Waals surface area contributed by atoms with E-state index in [9.17, 15) is 8.78 Å². The SMILES string of the molecule is CC1C(N)CC1c1ccc(F)cc1F. The first-order valence-electron chi connectivity index (χ1n) is 4.80. The predicted octanol–water partition coefficient (Wildman–Crippen LogP) is 2.42. The first-order valence-corrected chi connectivity index (χ1v) is 4.80. The maximum absolute atomic E-state index is 13.3. The molecule has 1 aromatic carbocycles. The number of hydrogen-bond acceptors (Lipinski definition) is 1. The van der Waals surface area contributed by atoms with Gasteiger partial charge < -0.3 is 5.73 Å². The molecule has 0 bridgehead atoms. The van der Waals surface area contributed by atoms with E-state index in [4.69, 9.17) is 5.73 Å². The molecule has 1 nitrogen and oxygen atoms in total. The van der Waals surface area contributed by atoms with E-state index in [1.807, 2.05) is 6.92 Å². The van der Waals surface area contributed by atoms with Gasteiger partial charge in [0.1, 0.15) is 11.6 Å². The maximum Gasteiger partial charge on any atom is 0.129 e. The molecule has 0 saturated heterocycles. The molecule has 14 heavy (non-hydrogen) atoms. The number of nitrogens with two attached hydrogens (primary N) is 1. The Morgan fingerprint density at radius 1 is 1.36 bits per heavy atom. The topological polar surface area (TPSA) is 26.0 Å². The first kappa shape index (κ1) is 9.59. The molecule has 2 N–H and O–H groups in total. The predicted molar refractivity (Wildman–Crippen MR) is 50.9 cm³/mol. The van der Waals surface area contributed by atoms with Crippen LogP contribution in [0.1, 0.15) is 24.8 Å². The second-order valence-electron chi connectivity index (χ2n) is 4.03. The van der Waals surface area contributed by atoms with Crippen LogP contribution in [-0.2, 0) is 0 Å². The van der Waals surface area contributed by atoms with Gasteiger partial charge in [-0.25, -0.2) is 8.78 Å². The van der Waals surface area contributed by atoms with Gasteiger partial charge in [0.2, 0.25) is 0 Å². The largest absolute Gasteiger partial charge is 0.327 e. The Balaban J connectivity index is 2.25. The molecule has 0 aliphatic heterocycles. The van der Waals surface area contributed by atoms with Gasteiger partial charge in [-0.1, -0.05) is 13.0 Å². The van der Waals surface area contributed by atoms with Gasteiger partial charge in [-0.2, -0.15) is 0 Å². The van der Waals surface area contributed by atoms with Crippen molar-refractivity contribution >= 4 is 0 Å². The highest BCUT2D eigenvalue weighted by Crippen LogP contribution is 2.42. The van der Waals surface area contributed by atoms with Gasteiger partial charge >= 0.3 is 0 Å². The van der Waals surface area contributed by atoms with Crippen LogP contribution in [0.5, 0.6) is 0 Å². The van der Waals surface area contributed by atoms with Crippen LogP contribution in [0.3, 0.4) is 0 Å². The van der Waals surface area contributed by atoms with Crippen molar-refractivity contribution in [3.63, 3.8) is 0 Å². The standard InChI is InChI=1S/C11H13F2N/c1-6-9(5-11(6)14)8-3-2-7(12)4-10(8)13/h2-4,6,9,11H,5,14H2,1H3. The minimum Gasteiger partial charge on any atom is -0.327 e. The summed E-state index contributed by atoms with van der Waals surface area (Å²) in [6, 6.07) is 3.92. The molecule has 0 aromatic heterocycles. The third-order valence-corrected chi connectivity index (χ3v) is 3.20. The van der Waals surface area contributed by atoms with Crippen molar-refractivity contribution in [2.75, 3.05) is 0 Å². The van der Waals surface area contributed by atoms with E-state index >= 15 is 0 Å². The number of benzene rings is 1. The molecule has 1 fully saturated rings. The molecule has 2 rings (SSSR count). The molecule has 1 saturated carbocycles. The van der Waals surface area contributed by atoms with Gasteiger partial charge in [-0.15, -0.1) is 0 Å². The van der Waals surface area contributed by atoms with Crippen LogP contribution >= 0.6 is 0 Å². The van der Waals surface area contributed by atoms with Gasteiger partial charge in [0.05, 0.1) is 0 Å². The molecule has 1 aliphatic carbocycles. The molecule has 0 heterocycles. The van der Waals surface area contributed by atoms with Crippen LogP contribution in [0, 0.1) is 17.6 Å². The van der Waals surface area contributed by atoms with Crippen LogP contribution in [-0.4, -0.2) is 6.04 Å². The minimum absolute atomic E-state index is 0.157. The van der Waals surface area contributed by atoms with Crippen LogP contribution in [0.15, 0.2) is 18.2 Å². The van der Waals surface area contributed by atoms with Crippen molar-refractivity contribution in [3.05, 3.63) is 35.4 Å². The van der Waals surface area contributed by atoms with Crippen molar-refractivity contribution < 1.29 is 8.78 Å². The van der Waals surface area contributed by atoms with Crippen molar-refractivity contribution in [3.8, 4) is 0 Å². The summed E-state index contributed by atoms with van der Waals surface area (Å²) in [4.78, 5) is 0. The Morgan fingerprint density at radius 3 is 2.57 bits per heavy atom. The van der Waals surface area contributed by atoms with Crippen molar-refractivity contribution in [1.82, 2.24) is 0 Å². The summed E-state index contributed by atoms with van der Waals surface area (Å²) in [6.07, 6.45) is 0.795. The lowest BCUT2D eigenvalue weighted by Crippen LogP contribution is -2.44. The number of rotatable bonds is 1. The molecular weight excluding hydrogens is 184 g/mol. The normalized spacial score (nSPS) is 31.3. The number of hydrogen-bond donors (Lipinski definition) is 1. The average molecular weight is 197 g/mol. The highest BCUT2D eigenvalue weighted by Gasteiger charge is 2.37. The van der Waals surface area contributed by atoms with E-state index < -0.39 is 11.6 Å². The Bertz CT molecular complexity index is 351. The van der Waals surface area contributed by atoms with Crippen LogP contribution < -0.4 is 5.73 Å². The molecule has 76 valence electrons. The van der Waals surface area contributed by atoms with Gasteiger partial charge in [0.15, 0.2) is 0 Å². The van der Waals surface area contributed by atoms with E-state index in [1.165, 1.54) is 12.1 Å². The summed E-state index contributed by atoms with van der Waals surface area (Å²) in [5, 5.41) is 0. The zero-order chi connectivity index (χ0) is 10.3. The monoisotopic (exact) mass is 197 g/mol. The lowest BCUT2D eigenvalue weighted by molar-refractivity contribution is 0.221. The summed E-state index contributed by atoms with van der Waals surface area (Å²) >= 11 is 0. The smallest absolute Gasteiger partial charge is 0.129 e. The van der Waals surface area contributed by atoms with E-state index in [2.05, 4.69) is 0 Å². The summed E-state index contributed by atoms with van der Waals surface area (Å²) in [5.74, 6) is -0.531. The summed E-state index contributed by atoms with van der Waals surface area (Å²) in [7, 11) is 0. The fourth-order valence-corrected chi connectivity index (χ4v) is 2.04. The highest BCUT2D eigenvalue weighted by atomic mass is 19.1. The molecule has 3 heteroatoms. The van der Waals surface area contributed by atoms with Gasteiger partial charge in [-0.05, 0) is 29.9 Å². The minimum atomic E-state index is -0.525. The van der Waals surface area contributed by atoms with E-state index in [-0.39, 0.29) is 17.9 Å². The molecule has 1 aromatic rings. The van der Waals surface area contributed by atoms with E-state index in [1.54, 1.807) is 0 Å². The Hall–Kier alpha value is -0.960. The van der Waals surface area contributed by atoms with Crippen molar-refractivity contribution in [2.45, 2.75) is 25.3 Å². The van der Waals surface area contributed by atoms with Crippen molar-refractivity contribution in [2.24, 2.45) is 11.7 Å². The molecule has 0 radical (unpaired) electrons. The molecule has 3 atom stereocenters. The average Bonchev–Trinajstić information content (AvgIpc) is 2.15. The fraction of sp³-hybridized carbons (Fsp3) is 0.455. The lowest BCUT2D eigenvalue weighted by atomic mass is 9.67. The van der Waals surface area contributed by atoms with E-state index in [0.29, 0.717) is 5.56 Å². The van der Waals surface area contributed by atoms with Crippen LogP contribution in [0.2, 0.25) is 0 Å². The quantitative estimate of drug-likeness (QED) is 0.735.